The zero-order valence-corrected chi connectivity index (χ0v) is 16.2. The summed E-state index contributed by atoms with van der Waals surface area (Å²) >= 11 is 0. The van der Waals surface area contributed by atoms with Crippen LogP contribution in [0.3, 0.4) is 0 Å². The Morgan fingerprint density at radius 3 is 2.41 bits per heavy atom. The number of hydrogen-bond donors (Lipinski definition) is 0. The van der Waals surface area contributed by atoms with E-state index in [1.165, 1.54) is 16.7 Å². The number of carbonyl (C=O) groups excluding carboxylic acids is 1. The highest BCUT2D eigenvalue weighted by molar-refractivity contribution is 5.82. The Morgan fingerprint density at radius 1 is 1.07 bits per heavy atom. The standard InChI is InChI=1S/C22H22FN3O3/c1-2-24-21(28)18-5-3-4-6-19(18)26(22(24)29)14-20(27)25(17-11-12-17)13-15-7-9-16(23)10-8-15/h3-10,17H,2,11-14H2,1H3. The van der Waals surface area contributed by atoms with E-state index in [0.717, 1.165) is 23.0 Å². The lowest BCUT2D eigenvalue weighted by molar-refractivity contribution is -0.133. The van der Waals surface area contributed by atoms with E-state index in [1.54, 1.807) is 48.2 Å². The minimum atomic E-state index is -0.484. The summed E-state index contributed by atoms with van der Waals surface area (Å²) in [6, 6.07) is 13.1. The molecule has 6 nitrogen and oxygen atoms in total. The third kappa shape index (κ3) is 3.72. The van der Waals surface area contributed by atoms with Gasteiger partial charge in [-0.1, -0.05) is 24.3 Å². The molecule has 0 atom stereocenters. The van der Waals surface area contributed by atoms with E-state index >= 15 is 0 Å². The summed E-state index contributed by atoms with van der Waals surface area (Å²) in [5, 5.41) is 0.415. The van der Waals surface area contributed by atoms with Gasteiger partial charge in [-0.25, -0.2) is 9.18 Å². The van der Waals surface area contributed by atoms with Crippen molar-refractivity contribution in [3.63, 3.8) is 0 Å². The molecule has 3 aromatic rings. The molecule has 1 aliphatic carbocycles. The molecular formula is C22H22FN3O3. The molecule has 150 valence electrons. The third-order valence-corrected chi connectivity index (χ3v) is 5.32. The van der Waals surface area contributed by atoms with Crippen LogP contribution in [-0.4, -0.2) is 26.0 Å². The fraction of sp³-hybridized carbons (Fsp3) is 0.318. The van der Waals surface area contributed by atoms with Crippen LogP contribution in [-0.2, 0) is 24.4 Å². The molecule has 0 radical (unpaired) electrons. The summed E-state index contributed by atoms with van der Waals surface area (Å²) in [7, 11) is 0. The maximum absolute atomic E-state index is 13.2. The molecule has 1 aliphatic rings. The molecule has 1 heterocycles. The van der Waals surface area contributed by atoms with E-state index < -0.39 is 5.69 Å². The van der Waals surface area contributed by atoms with E-state index in [1.807, 2.05) is 0 Å². The van der Waals surface area contributed by atoms with E-state index in [0.29, 0.717) is 17.4 Å². The first-order valence-electron chi connectivity index (χ1n) is 9.76. The summed E-state index contributed by atoms with van der Waals surface area (Å²) in [6.45, 7) is 2.19. The van der Waals surface area contributed by atoms with Gasteiger partial charge < -0.3 is 4.90 Å². The van der Waals surface area contributed by atoms with Crippen molar-refractivity contribution in [2.45, 2.75) is 45.4 Å². The van der Waals surface area contributed by atoms with Gasteiger partial charge in [0.1, 0.15) is 12.4 Å². The number of benzene rings is 2. The van der Waals surface area contributed by atoms with E-state index in [-0.39, 0.29) is 36.4 Å². The van der Waals surface area contributed by atoms with Gasteiger partial charge in [0.15, 0.2) is 0 Å². The number of aromatic nitrogens is 2. The van der Waals surface area contributed by atoms with Crippen LogP contribution in [0, 0.1) is 5.82 Å². The summed E-state index contributed by atoms with van der Waals surface area (Å²) in [5.41, 5.74) is 0.463. The highest BCUT2D eigenvalue weighted by atomic mass is 19.1. The largest absolute Gasteiger partial charge is 0.334 e. The molecule has 0 spiro atoms. The van der Waals surface area contributed by atoms with Crippen molar-refractivity contribution < 1.29 is 9.18 Å². The average molecular weight is 395 g/mol. The van der Waals surface area contributed by atoms with Gasteiger partial charge in [0.2, 0.25) is 5.91 Å². The van der Waals surface area contributed by atoms with Crippen molar-refractivity contribution in [1.29, 1.82) is 0 Å². The lowest BCUT2D eigenvalue weighted by Crippen LogP contribution is -2.43. The highest BCUT2D eigenvalue weighted by Gasteiger charge is 2.33. The van der Waals surface area contributed by atoms with E-state index in [9.17, 15) is 18.8 Å². The molecule has 2 aromatic carbocycles. The molecule has 7 heteroatoms. The number of hydrogen-bond acceptors (Lipinski definition) is 3. The number of nitrogens with zero attached hydrogens (tertiary/aromatic N) is 3. The Balaban J connectivity index is 1.69. The SMILES string of the molecule is CCn1c(=O)c2ccccc2n(CC(=O)N(Cc2ccc(F)cc2)C2CC2)c1=O. The lowest BCUT2D eigenvalue weighted by atomic mass is 10.2. The van der Waals surface area contributed by atoms with E-state index in [2.05, 4.69) is 0 Å². The number of carbonyl (C=O) groups is 1. The van der Waals surface area contributed by atoms with Crippen molar-refractivity contribution in [3.8, 4) is 0 Å². The van der Waals surface area contributed by atoms with Gasteiger partial charge in [-0.3, -0.25) is 18.7 Å². The van der Waals surface area contributed by atoms with Crippen LogP contribution in [0.15, 0.2) is 58.1 Å². The molecule has 0 aliphatic heterocycles. The van der Waals surface area contributed by atoms with Crippen LogP contribution < -0.4 is 11.2 Å². The number of amides is 1. The lowest BCUT2D eigenvalue weighted by Gasteiger charge is -2.24. The first-order valence-corrected chi connectivity index (χ1v) is 9.76. The molecule has 29 heavy (non-hydrogen) atoms. The molecular weight excluding hydrogens is 373 g/mol. The molecule has 1 saturated carbocycles. The fourth-order valence-electron chi connectivity index (χ4n) is 3.62. The molecule has 1 fully saturated rings. The maximum atomic E-state index is 13.2. The Morgan fingerprint density at radius 2 is 1.76 bits per heavy atom. The number of para-hydroxylation sites is 1. The first-order chi connectivity index (χ1) is 14.0. The molecule has 1 amide bonds. The van der Waals surface area contributed by atoms with Gasteiger partial charge >= 0.3 is 5.69 Å². The van der Waals surface area contributed by atoms with Gasteiger partial charge in [-0.2, -0.15) is 0 Å². The molecule has 0 bridgehead atoms. The molecule has 0 unspecified atom stereocenters. The summed E-state index contributed by atoms with van der Waals surface area (Å²) in [5.74, 6) is -0.511. The van der Waals surface area contributed by atoms with Gasteiger partial charge in [0.25, 0.3) is 5.56 Å². The molecule has 0 N–H and O–H groups in total. The maximum Gasteiger partial charge on any atom is 0.331 e. The summed E-state index contributed by atoms with van der Waals surface area (Å²) in [6.07, 6.45) is 1.83. The van der Waals surface area contributed by atoms with Crippen molar-refractivity contribution >= 4 is 16.8 Å². The second-order valence-corrected chi connectivity index (χ2v) is 7.31. The molecule has 4 rings (SSSR count). The zero-order chi connectivity index (χ0) is 20.5. The van der Waals surface area contributed by atoms with E-state index in [4.69, 9.17) is 0 Å². The normalized spacial score (nSPS) is 13.6. The molecule has 0 saturated heterocycles. The average Bonchev–Trinajstić information content (AvgIpc) is 3.56. The van der Waals surface area contributed by atoms with Gasteiger partial charge in [-0.15, -0.1) is 0 Å². The zero-order valence-electron chi connectivity index (χ0n) is 16.2. The third-order valence-electron chi connectivity index (χ3n) is 5.32. The smallest absolute Gasteiger partial charge is 0.331 e. The van der Waals surface area contributed by atoms with Crippen LogP contribution in [0.2, 0.25) is 0 Å². The number of halogens is 1. The summed E-state index contributed by atoms with van der Waals surface area (Å²) < 4.78 is 15.7. The Labute approximate surface area is 166 Å². The second kappa shape index (κ2) is 7.66. The van der Waals surface area contributed by atoms with Gasteiger partial charge in [0, 0.05) is 19.1 Å². The van der Waals surface area contributed by atoms with Crippen molar-refractivity contribution in [2.75, 3.05) is 0 Å². The highest BCUT2D eigenvalue weighted by Crippen LogP contribution is 2.29. The minimum absolute atomic E-state index is 0.131. The number of fused-ring (bicyclic) bond motifs is 1. The van der Waals surface area contributed by atoms with Crippen LogP contribution >= 0.6 is 0 Å². The van der Waals surface area contributed by atoms with Crippen molar-refractivity contribution in [2.24, 2.45) is 0 Å². The van der Waals surface area contributed by atoms with Crippen molar-refractivity contribution in [1.82, 2.24) is 14.0 Å². The minimum Gasteiger partial charge on any atom is -0.334 e. The predicted molar refractivity (Wildman–Crippen MR) is 108 cm³/mol. The Kier molecular flexibility index (Phi) is 5.05. The number of rotatable bonds is 6. The van der Waals surface area contributed by atoms with Gasteiger partial charge in [-0.05, 0) is 49.6 Å². The second-order valence-electron chi connectivity index (χ2n) is 7.31. The quantitative estimate of drug-likeness (QED) is 0.644. The summed E-state index contributed by atoms with van der Waals surface area (Å²) in [4.78, 5) is 40.3. The van der Waals surface area contributed by atoms with Crippen LogP contribution in [0.5, 0.6) is 0 Å². The van der Waals surface area contributed by atoms with Crippen LogP contribution in [0.1, 0.15) is 25.3 Å². The monoisotopic (exact) mass is 395 g/mol. The fourth-order valence-corrected chi connectivity index (χ4v) is 3.62. The Hall–Kier alpha value is -3.22. The van der Waals surface area contributed by atoms with Crippen molar-refractivity contribution in [3.05, 3.63) is 80.7 Å². The predicted octanol–water partition coefficient (Wildman–Crippen LogP) is 2.51. The topological polar surface area (TPSA) is 64.3 Å². The molecule has 1 aromatic heterocycles. The Bertz CT molecular complexity index is 1180. The van der Waals surface area contributed by atoms with Crippen LogP contribution in [0.4, 0.5) is 4.39 Å². The first kappa shape index (κ1) is 19.1. The van der Waals surface area contributed by atoms with Crippen LogP contribution in [0.25, 0.3) is 10.9 Å². The van der Waals surface area contributed by atoms with Gasteiger partial charge in [0.05, 0.1) is 10.9 Å².